The number of fused-ring (bicyclic) bond motifs is 1. The predicted octanol–water partition coefficient (Wildman–Crippen LogP) is 5.35. The summed E-state index contributed by atoms with van der Waals surface area (Å²) in [5, 5.41) is 14.3. The Hall–Kier alpha value is -4.64. The summed E-state index contributed by atoms with van der Waals surface area (Å²) in [6.07, 6.45) is -0.241. The number of aliphatic hydroxyl groups excluding tert-OH is 1. The Balaban J connectivity index is 1.49. The molecule has 2 aromatic rings. The van der Waals surface area contributed by atoms with Crippen LogP contribution in [0.4, 0.5) is 9.59 Å². The van der Waals surface area contributed by atoms with Gasteiger partial charge < -0.3 is 48.2 Å². The molecule has 1 aromatic carbocycles. The van der Waals surface area contributed by atoms with Crippen LogP contribution in [0.15, 0.2) is 47.2 Å². The second-order valence-electron chi connectivity index (χ2n) is 16.7. The fourth-order valence-corrected chi connectivity index (χ4v) is 8.71. The Kier molecular flexibility index (Phi) is 14.4. The molecule has 0 aliphatic carbocycles. The number of oxazole rings is 1. The molecule has 13 atom stereocenters. The third kappa shape index (κ3) is 10.0. The highest BCUT2D eigenvalue weighted by Gasteiger charge is 2.57. The van der Waals surface area contributed by atoms with E-state index in [1.807, 2.05) is 50.2 Å². The minimum absolute atomic E-state index is 0.190. The standard InChI is InChI=1S/C43H59N3O13/c1-11-31-43(8)35(45-40(51)58-43)25(4)32(47)23(2)22-42(7,59-41(52)54-19-12-13-28-14-16-29(17-15-28)37-44-18-20-53-37)36(26(5)33(48)27(6)38(50)56-31)57-39-34(49)30(46(9)10)21-24(3)55-39/h12-18,20,23-27,30-31,34-36,39,49H,11,19,21-22H2,1-10H3,(H,45,51)/b13-12+/t23-,24-,25+,26+,27-,30+,31-,34-,35-,36-,39+,42-,43-/m1/s1. The molecule has 0 spiro atoms. The Morgan fingerprint density at radius 3 is 2.36 bits per heavy atom. The lowest BCUT2D eigenvalue weighted by Gasteiger charge is -2.46. The van der Waals surface area contributed by atoms with Crippen LogP contribution in [0.25, 0.3) is 17.5 Å². The molecule has 1 amide bonds. The van der Waals surface area contributed by atoms with E-state index in [-0.39, 0.29) is 31.3 Å². The van der Waals surface area contributed by atoms with Gasteiger partial charge in [-0.2, -0.15) is 0 Å². The second-order valence-corrected chi connectivity index (χ2v) is 16.7. The molecule has 16 heteroatoms. The molecular weight excluding hydrogens is 766 g/mol. The van der Waals surface area contributed by atoms with Crippen molar-refractivity contribution in [2.75, 3.05) is 20.7 Å². The Morgan fingerprint density at radius 1 is 1.03 bits per heavy atom. The fraction of sp³-hybridized carbons (Fsp3) is 0.628. The lowest BCUT2D eigenvalue weighted by atomic mass is 9.73. The Morgan fingerprint density at radius 2 is 1.73 bits per heavy atom. The van der Waals surface area contributed by atoms with Gasteiger partial charge in [-0.25, -0.2) is 14.6 Å². The van der Waals surface area contributed by atoms with Crippen LogP contribution in [0.1, 0.15) is 80.2 Å². The smallest absolute Gasteiger partial charge is 0.458 e. The number of amides is 1. The van der Waals surface area contributed by atoms with Crippen LogP contribution >= 0.6 is 0 Å². The maximum Gasteiger partial charge on any atom is 0.509 e. The van der Waals surface area contributed by atoms with Crippen LogP contribution in [-0.4, -0.2) is 119 Å². The van der Waals surface area contributed by atoms with Crippen LogP contribution in [0.5, 0.6) is 0 Å². The zero-order valence-corrected chi connectivity index (χ0v) is 35.5. The SMILES string of the molecule is CC[C@H]1OC(=O)[C@H](C)C(=O)[C@H](C)[C@@H](O[C@@H]2O[C@H](C)C[C@H](N(C)C)[C@H]2O)[C@](C)(OC(=O)OC/C=C/c2ccc(-c3ncco3)cc2)C[C@@H](C)C(=O)[C@H](C)[C@H]2NC(=O)O[C@@]21C. The molecule has 0 bridgehead atoms. The summed E-state index contributed by atoms with van der Waals surface area (Å²) >= 11 is 0. The van der Waals surface area contributed by atoms with E-state index in [0.29, 0.717) is 12.3 Å². The van der Waals surface area contributed by atoms with Crippen molar-refractivity contribution in [1.29, 1.82) is 0 Å². The number of aliphatic hydroxyl groups is 1. The van der Waals surface area contributed by atoms with E-state index in [2.05, 4.69) is 10.3 Å². The number of hydrogen-bond acceptors (Lipinski definition) is 15. The van der Waals surface area contributed by atoms with Crippen molar-refractivity contribution in [3.8, 4) is 11.5 Å². The number of Topliss-reactive ketones (excluding diaryl/α,β-unsaturated/α-hetero) is 2. The lowest BCUT2D eigenvalue weighted by molar-refractivity contribution is -0.293. The zero-order valence-electron chi connectivity index (χ0n) is 35.5. The third-order valence-electron chi connectivity index (χ3n) is 12.0. The van der Waals surface area contributed by atoms with E-state index in [1.165, 1.54) is 27.0 Å². The van der Waals surface area contributed by atoms with Crippen molar-refractivity contribution in [3.05, 3.63) is 48.4 Å². The van der Waals surface area contributed by atoms with Gasteiger partial charge >= 0.3 is 18.2 Å². The van der Waals surface area contributed by atoms with Gasteiger partial charge in [0.05, 0.1) is 18.3 Å². The van der Waals surface area contributed by atoms with Gasteiger partial charge in [0.25, 0.3) is 0 Å². The number of nitrogens with zero attached hydrogens (tertiary/aromatic N) is 2. The molecule has 324 valence electrons. The molecule has 0 saturated carbocycles. The molecule has 0 radical (unpaired) electrons. The van der Waals surface area contributed by atoms with Crippen molar-refractivity contribution < 1.29 is 61.9 Å². The summed E-state index contributed by atoms with van der Waals surface area (Å²) in [5.41, 5.74) is -1.66. The number of rotatable bonds is 9. The van der Waals surface area contributed by atoms with Gasteiger partial charge in [-0.1, -0.05) is 45.9 Å². The molecule has 3 aliphatic heterocycles. The first-order chi connectivity index (χ1) is 27.8. The lowest BCUT2D eigenvalue weighted by Crippen LogP contribution is -2.60. The zero-order chi connectivity index (χ0) is 43.4. The first kappa shape index (κ1) is 45.4. The molecule has 59 heavy (non-hydrogen) atoms. The number of esters is 1. The molecule has 3 fully saturated rings. The van der Waals surface area contributed by atoms with Crippen molar-refractivity contribution in [2.45, 2.75) is 129 Å². The Bertz CT molecular complexity index is 1830. The number of ether oxygens (including phenoxy) is 6. The average Bonchev–Trinajstić information content (AvgIpc) is 3.84. The van der Waals surface area contributed by atoms with Crippen LogP contribution in [0.2, 0.25) is 0 Å². The fourth-order valence-electron chi connectivity index (χ4n) is 8.71. The molecule has 3 saturated heterocycles. The third-order valence-corrected chi connectivity index (χ3v) is 12.0. The maximum atomic E-state index is 14.4. The summed E-state index contributed by atoms with van der Waals surface area (Å²) in [5.74, 6) is -5.64. The number of aromatic nitrogens is 1. The number of benzene rings is 1. The van der Waals surface area contributed by atoms with Gasteiger partial charge in [-0.05, 0) is 84.8 Å². The number of nitrogens with one attached hydrogen (secondary N) is 1. The van der Waals surface area contributed by atoms with Gasteiger partial charge in [0.2, 0.25) is 5.89 Å². The van der Waals surface area contributed by atoms with Gasteiger partial charge in [-0.15, -0.1) is 0 Å². The number of carbonyl (C=O) groups excluding carboxylic acids is 5. The quantitative estimate of drug-likeness (QED) is 0.186. The molecule has 16 nitrogen and oxygen atoms in total. The summed E-state index contributed by atoms with van der Waals surface area (Å²) < 4.78 is 41.3. The highest BCUT2D eigenvalue weighted by molar-refractivity contribution is 6.00. The van der Waals surface area contributed by atoms with Crippen molar-refractivity contribution >= 4 is 35.9 Å². The van der Waals surface area contributed by atoms with Crippen molar-refractivity contribution in [1.82, 2.24) is 15.2 Å². The first-order valence-electron chi connectivity index (χ1n) is 20.2. The minimum Gasteiger partial charge on any atom is -0.458 e. The number of alkyl carbamates (subject to hydrolysis) is 1. The summed E-state index contributed by atoms with van der Waals surface area (Å²) in [6.45, 7) is 12.7. The predicted molar refractivity (Wildman–Crippen MR) is 212 cm³/mol. The molecule has 5 rings (SSSR count). The number of hydrogen-bond donors (Lipinski definition) is 2. The highest BCUT2D eigenvalue weighted by Crippen LogP contribution is 2.40. The largest absolute Gasteiger partial charge is 0.509 e. The summed E-state index contributed by atoms with van der Waals surface area (Å²) in [4.78, 5) is 75.0. The van der Waals surface area contributed by atoms with Crippen molar-refractivity contribution in [3.63, 3.8) is 0 Å². The van der Waals surface area contributed by atoms with Gasteiger partial charge in [0, 0.05) is 29.4 Å². The molecule has 3 aliphatic rings. The van der Waals surface area contributed by atoms with E-state index in [4.69, 9.17) is 32.8 Å². The Labute approximate surface area is 345 Å². The summed E-state index contributed by atoms with van der Waals surface area (Å²) in [7, 11) is 3.63. The van der Waals surface area contributed by atoms with Gasteiger partial charge in [0.15, 0.2) is 17.7 Å². The van der Waals surface area contributed by atoms with Crippen LogP contribution in [-0.2, 0) is 42.8 Å². The van der Waals surface area contributed by atoms with Crippen LogP contribution in [0, 0.1) is 23.7 Å². The molecular formula is C43H59N3O13. The maximum absolute atomic E-state index is 14.4. The van der Waals surface area contributed by atoms with E-state index < -0.39 is 95.6 Å². The number of ketones is 2. The molecule has 0 unspecified atom stereocenters. The normalized spacial score (nSPS) is 36.0. The van der Waals surface area contributed by atoms with E-state index in [1.54, 1.807) is 46.0 Å². The topological polar surface area (TPSA) is 202 Å². The minimum atomic E-state index is -1.81. The first-order valence-corrected chi connectivity index (χ1v) is 20.2. The highest BCUT2D eigenvalue weighted by atomic mass is 16.8. The molecule has 4 heterocycles. The van der Waals surface area contributed by atoms with Gasteiger partial charge in [-0.3, -0.25) is 14.4 Å². The van der Waals surface area contributed by atoms with Crippen LogP contribution < -0.4 is 5.32 Å². The number of carbonyl (C=O) groups is 5. The number of cyclic esters (lactones) is 1. The van der Waals surface area contributed by atoms with Crippen LogP contribution in [0.3, 0.4) is 0 Å². The molecule has 2 N–H and O–H groups in total. The van der Waals surface area contributed by atoms with Gasteiger partial charge in [0.1, 0.15) is 48.5 Å². The monoisotopic (exact) mass is 825 g/mol. The van der Waals surface area contributed by atoms with E-state index in [9.17, 15) is 29.1 Å². The van der Waals surface area contributed by atoms with E-state index >= 15 is 0 Å². The summed E-state index contributed by atoms with van der Waals surface area (Å²) in [6, 6.07) is 6.06. The second kappa shape index (κ2) is 18.7. The molecule has 1 aromatic heterocycles. The van der Waals surface area contributed by atoms with E-state index in [0.717, 1.165) is 11.1 Å². The van der Waals surface area contributed by atoms with Crippen molar-refractivity contribution in [2.24, 2.45) is 23.7 Å². The average molecular weight is 826 g/mol. The number of likely N-dealkylation sites (N-methyl/N-ethyl adjacent to an activating group) is 1.